The van der Waals surface area contributed by atoms with Gasteiger partial charge in [0.15, 0.2) is 0 Å². The van der Waals surface area contributed by atoms with Crippen LogP contribution in [0.5, 0.6) is 0 Å². The van der Waals surface area contributed by atoms with E-state index in [1.54, 1.807) is 13.0 Å². The van der Waals surface area contributed by atoms with Crippen molar-refractivity contribution in [1.29, 1.82) is 0 Å². The van der Waals surface area contributed by atoms with Gasteiger partial charge in [-0.2, -0.15) is 0 Å². The first-order chi connectivity index (χ1) is 8.52. The number of carbonyl (C=O) groups is 1. The number of hydrogen-bond donors (Lipinski definition) is 0. The van der Waals surface area contributed by atoms with Crippen LogP contribution in [0.1, 0.15) is 18.1 Å². The number of halogens is 1. The Morgan fingerprint density at radius 3 is 2.78 bits per heavy atom. The molecule has 1 aromatic rings. The zero-order valence-electron chi connectivity index (χ0n) is 10.9. The summed E-state index contributed by atoms with van der Waals surface area (Å²) in [5.74, 6) is -0.355. The Labute approximate surface area is 113 Å². The molecule has 98 valence electrons. The lowest BCUT2D eigenvalue weighted by atomic mass is 10.1. The van der Waals surface area contributed by atoms with Crippen LogP contribution >= 0.6 is 11.6 Å². The summed E-state index contributed by atoms with van der Waals surface area (Å²) in [6.07, 6.45) is 3.07. The molecule has 4 heteroatoms. The first-order valence-corrected chi connectivity index (χ1v) is 6.18. The average Bonchev–Trinajstić information content (AvgIpc) is 2.29. The Morgan fingerprint density at radius 2 is 2.17 bits per heavy atom. The van der Waals surface area contributed by atoms with Crippen molar-refractivity contribution in [3.63, 3.8) is 0 Å². The van der Waals surface area contributed by atoms with Crippen LogP contribution in [-0.4, -0.2) is 31.6 Å². The molecule has 0 N–H and O–H groups in total. The highest BCUT2D eigenvalue weighted by Gasteiger charge is 2.02. The standard InChI is InChI=1S/C14H18ClNO2/c1-4-18-14(17)8-6-12-9-11(10-16(2)3)5-7-13(12)15/h5-9H,4,10H2,1-3H3/b8-6+. The summed E-state index contributed by atoms with van der Waals surface area (Å²) in [6, 6.07) is 5.79. The van der Waals surface area contributed by atoms with Gasteiger partial charge in [-0.1, -0.05) is 17.7 Å². The maximum Gasteiger partial charge on any atom is 0.330 e. The monoisotopic (exact) mass is 267 g/mol. The third-order valence-corrected chi connectivity index (χ3v) is 2.59. The van der Waals surface area contributed by atoms with E-state index in [1.807, 2.05) is 32.3 Å². The molecular weight excluding hydrogens is 250 g/mol. The van der Waals surface area contributed by atoms with Gasteiger partial charge >= 0.3 is 5.97 Å². The van der Waals surface area contributed by atoms with E-state index in [0.29, 0.717) is 11.6 Å². The fourth-order valence-electron chi connectivity index (χ4n) is 1.53. The molecule has 0 aliphatic heterocycles. The topological polar surface area (TPSA) is 29.5 Å². The Hall–Kier alpha value is -1.32. The molecule has 3 nitrogen and oxygen atoms in total. The summed E-state index contributed by atoms with van der Waals surface area (Å²) < 4.78 is 4.82. The lowest BCUT2D eigenvalue weighted by Gasteiger charge is -2.10. The number of hydrogen-bond acceptors (Lipinski definition) is 3. The molecule has 1 rings (SSSR count). The van der Waals surface area contributed by atoms with Crippen molar-refractivity contribution in [3.8, 4) is 0 Å². The van der Waals surface area contributed by atoms with Gasteiger partial charge in [-0.25, -0.2) is 4.79 Å². The van der Waals surface area contributed by atoms with E-state index in [4.69, 9.17) is 16.3 Å². The molecule has 0 radical (unpaired) electrons. The molecule has 1 aromatic carbocycles. The zero-order valence-corrected chi connectivity index (χ0v) is 11.7. The number of ether oxygens (including phenoxy) is 1. The third-order valence-electron chi connectivity index (χ3n) is 2.24. The van der Waals surface area contributed by atoms with Gasteiger partial charge in [0.25, 0.3) is 0 Å². The summed E-state index contributed by atoms with van der Waals surface area (Å²) in [7, 11) is 4.01. The quantitative estimate of drug-likeness (QED) is 0.607. The highest BCUT2D eigenvalue weighted by Crippen LogP contribution is 2.19. The first kappa shape index (κ1) is 14.7. The fraction of sp³-hybridized carbons (Fsp3) is 0.357. The van der Waals surface area contributed by atoms with E-state index in [9.17, 15) is 4.79 Å². The van der Waals surface area contributed by atoms with E-state index in [-0.39, 0.29) is 5.97 Å². The van der Waals surface area contributed by atoms with Crippen LogP contribution in [0.15, 0.2) is 24.3 Å². The minimum absolute atomic E-state index is 0.355. The van der Waals surface area contributed by atoms with Crippen LogP contribution < -0.4 is 0 Å². The molecule has 18 heavy (non-hydrogen) atoms. The van der Waals surface area contributed by atoms with Gasteiger partial charge in [-0.15, -0.1) is 0 Å². The molecule has 0 atom stereocenters. The number of nitrogens with zero attached hydrogens (tertiary/aromatic N) is 1. The molecular formula is C14H18ClNO2. The Balaban J connectivity index is 2.84. The lowest BCUT2D eigenvalue weighted by molar-refractivity contribution is -0.137. The number of carbonyl (C=O) groups excluding carboxylic acids is 1. The molecule has 0 saturated heterocycles. The van der Waals surface area contributed by atoms with E-state index < -0.39 is 0 Å². The average molecular weight is 268 g/mol. The van der Waals surface area contributed by atoms with Crippen molar-refractivity contribution in [3.05, 3.63) is 40.4 Å². The predicted octanol–water partition coefficient (Wildman–Crippen LogP) is 2.98. The van der Waals surface area contributed by atoms with Gasteiger partial charge in [0, 0.05) is 17.6 Å². The van der Waals surface area contributed by atoms with Gasteiger partial charge in [0.05, 0.1) is 6.61 Å². The molecule has 0 spiro atoms. The van der Waals surface area contributed by atoms with E-state index in [2.05, 4.69) is 4.90 Å². The summed E-state index contributed by atoms with van der Waals surface area (Å²) >= 11 is 6.08. The highest BCUT2D eigenvalue weighted by atomic mass is 35.5. The summed E-state index contributed by atoms with van der Waals surface area (Å²) in [5, 5.41) is 0.623. The minimum atomic E-state index is -0.355. The molecule has 0 fully saturated rings. The van der Waals surface area contributed by atoms with Crippen molar-refractivity contribution in [2.75, 3.05) is 20.7 Å². The molecule has 0 bridgehead atoms. The number of esters is 1. The number of rotatable bonds is 5. The minimum Gasteiger partial charge on any atom is -0.463 e. The first-order valence-electron chi connectivity index (χ1n) is 5.81. The van der Waals surface area contributed by atoms with Crippen molar-refractivity contribution in [2.24, 2.45) is 0 Å². The molecule has 0 aromatic heterocycles. The van der Waals surface area contributed by atoms with Gasteiger partial charge < -0.3 is 9.64 Å². The van der Waals surface area contributed by atoms with Crippen LogP contribution in [0, 0.1) is 0 Å². The maximum absolute atomic E-state index is 11.2. The largest absolute Gasteiger partial charge is 0.463 e. The normalized spacial score (nSPS) is 11.2. The smallest absolute Gasteiger partial charge is 0.330 e. The molecule has 0 aliphatic carbocycles. The molecule has 0 aliphatic rings. The van der Waals surface area contributed by atoms with Crippen LogP contribution in [0.4, 0.5) is 0 Å². The molecule has 0 amide bonds. The number of benzene rings is 1. The summed E-state index contributed by atoms with van der Waals surface area (Å²) in [4.78, 5) is 13.3. The zero-order chi connectivity index (χ0) is 13.5. The Bertz CT molecular complexity index is 441. The van der Waals surface area contributed by atoms with Gasteiger partial charge in [0.1, 0.15) is 0 Å². The van der Waals surface area contributed by atoms with Gasteiger partial charge in [-0.05, 0) is 50.4 Å². The maximum atomic E-state index is 11.2. The summed E-state index contributed by atoms with van der Waals surface area (Å²) in [6.45, 7) is 2.98. The second-order valence-electron chi connectivity index (χ2n) is 4.18. The van der Waals surface area contributed by atoms with Crippen molar-refractivity contribution < 1.29 is 9.53 Å². The third kappa shape index (κ3) is 4.90. The molecule has 0 unspecified atom stereocenters. The highest BCUT2D eigenvalue weighted by molar-refractivity contribution is 6.32. The van der Waals surface area contributed by atoms with E-state index >= 15 is 0 Å². The van der Waals surface area contributed by atoms with Crippen LogP contribution in [0.3, 0.4) is 0 Å². The van der Waals surface area contributed by atoms with E-state index in [1.165, 1.54) is 6.08 Å². The Kier molecular flexibility index (Phi) is 5.89. The van der Waals surface area contributed by atoms with Crippen LogP contribution in [0.25, 0.3) is 6.08 Å². The van der Waals surface area contributed by atoms with Gasteiger partial charge in [-0.3, -0.25) is 0 Å². The van der Waals surface area contributed by atoms with Crippen molar-refractivity contribution >= 4 is 23.6 Å². The van der Waals surface area contributed by atoms with Crippen LogP contribution in [0.2, 0.25) is 5.02 Å². The SMILES string of the molecule is CCOC(=O)/C=C/c1cc(CN(C)C)ccc1Cl. The molecule has 0 saturated carbocycles. The Morgan fingerprint density at radius 1 is 1.44 bits per heavy atom. The van der Waals surface area contributed by atoms with Gasteiger partial charge in [0.2, 0.25) is 0 Å². The second kappa shape index (κ2) is 7.19. The van der Waals surface area contributed by atoms with Crippen LogP contribution in [-0.2, 0) is 16.1 Å². The fourth-order valence-corrected chi connectivity index (χ4v) is 1.71. The summed E-state index contributed by atoms with van der Waals surface area (Å²) in [5.41, 5.74) is 1.97. The van der Waals surface area contributed by atoms with Crippen molar-refractivity contribution in [1.82, 2.24) is 4.90 Å². The van der Waals surface area contributed by atoms with E-state index in [0.717, 1.165) is 17.7 Å². The second-order valence-corrected chi connectivity index (χ2v) is 4.59. The molecule has 0 heterocycles. The van der Waals surface area contributed by atoms with Crippen molar-refractivity contribution in [2.45, 2.75) is 13.5 Å². The predicted molar refractivity (Wildman–Crippen MR) is 74.5 cm³/mol. The lowest BCUT2D eigenvalue weighted by Crippen LogP contribution is -2.10.